The summed E-state index contributed by atoms with van der Waals surface area (Å²) in [5.74, 6) is -2.63. The predicted octanol–water partition coefficient (Wildman–Crippen LogP) is 4.05. The molecule has 0 bridgehead atoms. The largest absolute Gasteiger partial charge is 0.462 e. The first-order valence-electron chi connectivity index (χ1n) is 10.9. The van der Waals surface area contributed by atoms with E-state index in [1.54, 1.807) is 24.1 Å². The van der Waals surface area contributed by atoms with Crippen LogP contribution in [0.15, 0.2) is 78.9 Å². The summed E-state index contributed by atoms with van der Waals surface area (Å²) in [7, 11) is 0. The van der Waals surface area contributed by atoms with Crippen molar-refractivity contribution in [2.45, 2.75) is 19.1 Å². The molecule has 0 aliphatic carbocycles. The Morgan fingerprint density at radius 2 is 1.59 bits per heavy atom. The Bertz CT molecular complexity index is 1230. The molecule has 0 N–H and O–H groups in total. The van der Waals surface area contributed by atoms with Crippen LogP contribution in [0.5, 0.6) is 0 Å². The minimum atomic E-state index is -1.03. The summed E-state index contributed by atoms with van der Waals surface area (Å²) in [5, 5.41) is 1.56. The van der Waals surface area contributed by atoms with Crippen LogP contribution in [0.1, 0.15) is 28.9 Å². The quantitative estimate of drug-likeness (QED) is 0.422. The zero-order valence-corrected chi connectivity index (χ0v) is 18.3. The van der Waals surface area contributed by atoms with E-state index in [0.29, 0.717) is 22.5 Å². The minimum Gasteiger partial charge on any atom is -0.462 e. The van der Waals surface area contributed by atoms with Crippen molar-refractivity contribution >= 4 is 29.2 Å². The van der Waals surface area contributed by atoms with E-state index in [2.05, 4.69) is 0 Å². The van der Waals surface area contributed by atoms with Crippen molar-refractivity contribution in [1.29, 1.82) is 0 Å². The predicted molar refractivity (Wildman–Crippen MR) is 121 cm³/mol. The maximum Gasteiger partial charge on any atom is 0.338 e. The van der Waals surface area contributed by atoms with Gasteiger partial charge in [0.2, 0.25) is 5.91 Å². The second-order valence-electron chi connectivity index (χ2n) is 7.99. The third-order valence-corrected chi connectivity index (χ3v) is 5.97. The molecule has 3 atom stereocenters. The van der Waals surface area contributed by atoms with Crippen LogP contribution in [0.2, 0.25) is 0 Å². The van der Waals surface area contributed by atoms with Crippen LogP contribution in [0.3, 0.4) is 0 Å². The molecule has 2 aliphatic heterocycles. The number of benzene rings is 3. The van der Waals surface area contributed by atoms with Gasteiger partial charge in [0, 0.05) is 0 Å². The van der Waals surface area contributed by atoms with Gasteiger partial charge in [-0.15, -0.1) is 0 Å². The average Bonchev–Trinajstić information content (AvgIpc) is 3.36. The molecule has 2 heterocycles. The van der Waals surface area contributed by atoms with E-state index in [4.69, 9.17) is 9.57 Å². The van der Waals surface area contributed by atoms with Gasteiger partial charge in [-0.05, 0) is 61.0 Å². The second kappa shape index (κ2) is 8.72. The third kappa shape index (κ3) is 3.62. The number of anilines is 2. The zero-order chi connectivity index (χ0) is 23.8. The molecule has 0 unspecified atom stereocenters. The summed E-state index contributed by atoms with van der Waals surface area (Å²) in [5.41, 5.74) is 1.99. The molecule has 172 valence electrons. The van der Waals surface area contributed by atoms with Gasteiger partial charge in [-0.1, -0.05) is 30.3 Å². The summed E-state index contributed by atoms with van der Waals surface area (Å²) >= 11 is 0. The van der Waals surface area contributed by atoms with E-state index in [-0.39, 0.29) is 6.61 Å². The molecule has 3 aromatic rings. The summed E-state index contributed by atoms with van der Waals surface area (Å²) in [6.07, 6.45) is -1.03. The number of carbonyl (C=O) groups is 3. The molecule has 2 amide bonds. The molecular weight excluding hydrogens is 439 g/mol. The number of imide groups is 1. The minimum absolute atomic E-state index is 0.243. The molecule has 0 aromatic heterocycles. The molecule has 2 fully saturated rings. The van der Waals surface area contributed by atoms with Crippen LogP contribution in [-0.2, 0) is 19.2 Å². The lowest BCUT2D eigenvalue weighted by atomic mass is 9.90. The molecule has 2 aliphatic rings. The van der Waals surface area contributed by atoms with Gasteiger partial charge in [-0.3, -0.25) is 14.4 Å². The molecule has 5 rings (SSSR count). The first-order chi connectivity index (χ1) is 16.5. The average molecular weight is 460 g/mol. The molecule has 7 nitrogen and oxygen atoms in total. The number of fused-ring (bicyclic) bond motifs is 1. The first-order valence-corrected chi connectivity index (χ1v) is 10.9. The van der Waals surface area contributed by atoms with Crippen LogP contribution in [0.25, 0.3) is 0 Å². The van der Waals surface area contributed by atoms with Gasteiger partial charge in [0.25, 0.3) is 5.91 Å². The van der Waals surface area contributed by atoms with Crippen molar-refractivity contribution in [2.75, 3.05) is 16.6 Å². The van der Waals surface area contributed by atoms with Gasteiger partial charge >= 0.3 is 5.97 Å². The van der Waals surface area contributed by atoms with Crippen LogP contribution in [0, 0.1) is 11.7 Å². The summed E-state index contributed by atoms with van der Waals surface area (Å²) in [6.45, 7) is 1.95. The Labute approximate surface area is 195 Å². The Hall–Kier alpha value is -4.04. The lowest BCUT2D eigenvalue weighted by Crippen LogP contribution is -2.37. The van der Waals surface area contributed by atoms with Gasteiger partial charge < -0.3 is 4.74 Å². The SMILES string of the molecule is CCOC(=O)c1ccc(N2C(=O)[C@H]3[C@@H](c4ccc(F)cc4)N(c4ccccc4)O[C@H]3C2=O)cc1. The topological polar surface area (TPSA) is 76.2 Å². The van der Waals surface area contributed by atoms with Crippen LogP contribution < -0.4 is 9.96 Å². The number of hydrogen-bond acceptors (Lipinski definition) is 6. The number of esters is 1. The number of carbonyl (C=O) groups excluding carboxylic acids is 3. The van der Waals surface area contributed by atoms with Gasteiger partial charge in [0.1, 0.15) is 11.7 Å². The molecule has 34 heavy (non-hydrogen) atoms. The van der Waals surface area contributed by atoms with Crippen molar-refractivity contribution in [3.05, 3.63) is 95.8 Å². The standard InChI is InChI=1S/C26H21FN2O5/c1-2-33-26(32)17-10-14-19(15-11-17)28-24(30)21-22(16-8-12-18(27)13-9-16)29(34-23(21)25(28)31)20-6-4-3-5-7-20/h3-15,21-23H,2H2,1H3/t21-,22+,23+/m0/s1. The number of hydrogen-bond donors (Lipinski definition) is 0. The normalized spacial score (nSPS) is 21.6. The molecule has 0 saturated carbocycles. The number of amides is 2. The summed E-state index contributed by atoms with van der Waals surface area (Å²) < 4.78 is 18.6. The van der Waals surface area contributed by atoms with Gasteiger partial charge in [0.05, 0.1) is 29.6 Å². The molecule has 0 radical (unpaired) electrons. The van der Waals surface area contributed by atoms with E-state index >= 15 is 0 Å². The lowest BCUT2D eigenvalue weighted by Gasteiger charge is -2.28. The van der Waals surface area contributed by atoms with E-state index in [1.165, 1.54) is 36.4 Å². The Kier molecular flexibility index (Phi) is 5.59. The fraction of sp³-hybridized carbons (Fsp3) is 0.192. The van der Waals surface area contributed by atoms with Gasteiger partial charge in [0.15, 0.2) is 6.10 Å². The zero-order valence-electron chi connectivity index (χ0n) is 18.3. The van der Waals surface area contributed by atoms with Crippen molar-refractivity contribution in [3.63, 3.8) is 0 Å². The maximum atomic E-state index is 13.6. The molecule has 8 heteroatoms. The highest BCUT2D eigenvalue weighted by Gasteiger charge is 2.60. The Balaban J connectivity index is 1.50. The monoisotopic (exact) mass is 460 g/mol. The van der Waals surface area contributed by atoms with Crippen LogP contribution >= 0.6 is 0 Å². The van der Waals surface area contributed by atoms with E-state index < -0.39 is 41.7 Å². The van der Waals surface area contributed by atoms with Crippen LogP contribution in [0.4, 0.5) is 15.8 Å². The maximum absolute atomic E-state index is 13.6. The van der Waals surface area contributed by atoms with Crippen molar-refractivity contribution in [3.8, 4) is 0 Å². The molecule has 3 aromatic carbocycles. The van der Waals surface area contributed by atoms with E-state index in [0.717, 1.165) is 4.90 Å². The van der Waals surface area contributed by atoms with Crippen LogP contribution in [-0.4, -0.2) is 30.5 Å². The molecule has 2 saturated heterocycles. The Morgan fingerprint density at radius 3 is 2.24 bits per heavy atom. The Morgan fingerprint density at radius 1 is 0.912 bits per heavy atom. The highest BCUT2D eigenvalue weighted by Crippen LogP contribution is 2.47. The first kappa shape index (κ1) is 21.8. The fourth-order valence-electron chi connectivity index (χ4n) is 4.43. The number of halogens is 1. The van der Waals surface area contributed by atoms with Crippen molar-refractivity contribution < 1.29 is 28.3 Å². The van der Waals surface area contributed by atoms with Crippen molar-refractivity contribution in [1.82, 2.24) is 0 Å². The van der Waals surface area contributed by atoms with Gasteiger partial charge in [-0.25, -0.2) is 19.1 Å². The lowest BCUT2D eigenvalue weighted by molar-refractivity contribution is -0.126. The third-order valence-electron chi connectivity index (χ3n) is 5.97. The van der Waals surface area contributed by atoms with Gasteiger partial charge in [-0.2, -0.15) is 0 Å². The van der Waals surface area contributed by atoms with E-state index in [1.807, 2.05) is 30.3 Å². The fourth-order valence-corrected chi connectivity index (χ4v) is 4.43. The van der Waals surface area contributed by atoms with Crippen molar-refractivity contribution in [2.24, 2.45) is 5.92 Å². The molecule has 0 spiro atoms. The number of ether oxygens (including phenoxy) is 1. The van der Waals surface area contributed by atoms with E-state index in [9.17, 15) is 18.8 Å². The number of nitrogens with zero attached hydrogens (tertiary/aromatic N) is 2. The molecular formula is C26H21FN2O5. The highest BCUT2D eigenvalue weighted by molar-refractivity contribution is 6.24. The smallest absolute Gasteiger partial charge is 0.338 e. The summed E-state index contributed by atoms with van der Waals surface area (Å²) in [4.78, 5) is 46.0. The number of rotatable bonds is 5. The summed E-state index contributed by atoms with van der Waals surface area (Å²) in [6, 6.07) is 20.4. The number of hydroxylamine groups is 1. The number of para-hydroxylation sites is 1. The second-order valence-corrected chi connectivity index (χ2v) is 7.99. The highest BCUT2D eigenvalue weighted by atomic mass is 19.1.